The fourth-order valence-corrected chi connectivity index (χ4v) is 8.10. The zero-order chi connectivity index (χ0) is 23.0. The maximum absolute atomic E-state index is 13.0. The monoisotopic (exact) mass is 496 g/mol. The van der Waals surface area contributed by atoms with E-state index in [1.807, 2.05) is 13.0 Å². The number of ether oxygens (including phenoxy) is 1. The summed E-state index contributed by atoms with van der Waals surface area (Å²) in [6.07, 6.45) is 4.29. The van der Waals surface area contributed by atoms with Gasteiger partial charge in [-0.25, -0.2) is 0 Å². The molecule has 4 rings (SSSR count). The molecule has 0 aromatic rings. The van der Waals surface area contributed by atoms with Gasteiger partial charge in [-0.1, -0.05) is 41.4 Å². The number of carbonyl (C=O) groups is 3. The van der Waals surface area contributed by atoms with Crippen LogP contribution in [0.25, 0.3) is 0 Å². The zero-order valence-electron chi connectivity index (χ0n) is 17.9. The number of esters is 1. The average molecular weight is 497 g/mol. The van der Waals surface area contributed by atoms with Crippen LogP contribution in [0.15, 0.2) is 23.8 Å². The summed E-state index contributed by atoms with van der Waals surface area (Å²) < 4.78 is 4.01. The molecule has 0 bridgehead atoms. The number of hydrogen-bond acceptors (Lipinski definition) is 7. The lowest BCUT2D eigenvalue weighted by Gasteiger charge is -2.64. The van der Waals surface area contributed by atoms with E-state index in [0.29, 0.717) is 12.8 Å². The smallest absolute Gasteiger partial charge is 0.303 e. The normalized spacial score (nSPS) is 48.4. The van der Waals surface area contributed by atoms with E-state index in [-0.39, 0.29) is 30.5 Å². The molecule has 0 aromatic carbocycles. The van der Waals surface area contributed by atoms with Crippen LogP contribution in [0.5, 0.6) is 0 Å². The summed E-state index contributed by atoms with van der Waals surface area (Å²) in [5.41, 5.74) is -2.89. The summed E-state index contributed by atoms with van der Waals surface area (Å²) in [4.78, 5) is 36.1. The Labute approximate surface area is 189 Å². The second kappa shape index (κ2) is 7.07. The van der Waals surface area contributed by atoms with Crippen LogP contribution >= 0.6 is 15.9 Å². The van der Waals surface area contributed by atoms with E-state index < -0.39 is 51.3 Å². The summed E-state index contributed by atoms with van der Waals surface area (Å²) in [6.45, 7) is 4.29. The zero-order valence-corrected chi connectivity index (χ0v) is 19.5. The molecular formula is C23H29BrO7. The molecule has 0 amide bonds. The van der Waals surface area contributed by atoms with E-state index in [1.54, 1.807) is 13.0 Å². The van der Waals surface area contributed by atoms with Gasteiger partial charge in [0.05, 0.1) is 16.5 Å². The number of fused-ring (bicyclic) bond motifs is 5. The van der Waals surface area contributed by atoms with Crippen LogP contribution in [0.2, 0.25) is 0 Å². The Morgan fingerprint density at radius 1 is 1.23 bits per heavy atom. The minimum absolute atomic E-state index is 0.0705. The van der Waals surface area contributed by atoms with Crippen molar-refractivity contribution >= 4 is 33.5 Å². The van der Waals surface area contributed by atoms with Crippen LogP contribution in [0.3, 0.4) is 0 Å². The van der Waals surface area contributed by atoms with E-state index in [1.165, 1.54) is 13.0 Å². The number of hydrogen-bond donors (Lipinski definition) is 3. The number of ketones is 2. The van der Waals surface area contributed by atoms with Crippen molar-refractivity contribution in [3.05, 3.63) is 23.8 Å². The Hall–Kier alpha value is -1.35. The Morgan fingerprint density at radius 2 is 1.90 bits per heavy atom. The van der Waals surface area contributed by atoms with Crippen LogP contribution in [-0.2, 0) is 19.1 Å². The first kappa shape index (κ1) is 22.8. The van der Waals surface area contributed by atoms with Gasteiger partial charge in [0.25, 0.3) is 0 Å². The summed E-state index contributed by atoms with van der Waals surface area (Å²) in [7, 11) is 0. The Kier molecular flexibility index (Phi) is 5.21. The molecule has 31 heavy (non-hydrogen) atoms. The number of rotatable bonds is 3. The molecule has 4 aliphatic rings. The second-order valence-corrected chi connectivity index (χ2v) is 11.3. The molecule has 3 saturated carbocycles. The number of halogens is 1. The van der Waals surface area contributed by atoms with Crippen LogP contribution in [0, 0.1) is 22.7 Å². The number of aliphatic hydroxyl groups excluding tert-OH is 2. The van der Waals surface area contributed by atoms with E-state index in [4.69, 9.17) is 4.74 Å². The molecule has 0 unspecified atom stereocenters. The van der Waals surface area contributed by atoms with Gasteiger partial charge >= 0.3 is 5.97 Å². The number of Topliss-reactive ketones (excluding diaryl/α,β-unsaturated/α-hetero) is 1. The van der Waals surface area contributed by atoms with Gasteiger partial charge in [-0.15, -0.1) is 0 Å². The summed E-state index contributed by atoms with van der Waals surface area (Å²) in [6, 6.07) is 0. The topological polar surface area (TPSA) is 121 Å². The van der Waals surface area contributed by atoms with Gasteiger partial charge in [0.15, 0.2) is 18.0 Å². The van der Waals surface area contributed by atoms with Gasteiger partial charge in [-0.2, -0.15) is 0 Å². The standard InChI is InChI=1S/C23H29BrO7/c1-12(25)31-11-19(29)23(30)17(27)9-16-15-5-4-13-8-14(26)6-7-20(13,2)22(15,24)18(28)10-21(16,23)3/h6-8,15-18,27-28,30H,4-5,9-11H2,1-3H3/t15-,16-,17+,18-,20-,21-,22-,23-/m0/s1. The number of aliphatic hydroxyl groups is 3. The predicted molar refractivity (Wildman–Crippen MR) is 114 cm³/mol. The molecule has 3 fully saturated rings. The van der Waals surface area contributed by atoms with Crippen molar-refractivity contribution in [1.82, 2.24) is 0 Å². The fourth-order valence-electron chi connectivity index (χ4n) is 7.01. The lowest BCUT2D eigenvalue weighted by atomic mass is 9.46. The molecule has 3 N–H and O–H groups in total. The Balaban J connectivity index is 1.76. The van der Waals surface area contributed by atoms with Crippen molar-refractivity contribution in [3.8, 4) is 0 Å². The SMILES string of the molecule is CC(=O)OCC(=O)[C@@]1(O)[C@H](O)C[C@H]2[C@@H]3CCC4=CC(=O)C=C[C@]4(C)[C@@]3(Br)[C@@H](O)C[C@@]21C. The molecule has 0 aliphatic heterocycles. The third-order valence-corrected chi connectivity index (χ3v) is 10.6. The molecule has 0 saturated heterocycles. The third kappa shape index (κ3) is 2.77. The maximum atomic E-state index is 13.0. The largest absolute Gasteiger partial charge is 0.458 e. The van der Waals surface area contributed by atoms with Gasteiger partial charge in [0.2, 0.25) is 5.78 Å². The highest BCUT2D eigenvalue weighted by molar-refractivity contribution is 9.10. The molecule has 8 heteroatoms. The van der Waals surface area contributed by atoms with Gasteiger partial charge < -0.3 is 20.1 Å². The van der Waals surface area contributed by atoms with Crippen LogP contribution in [-0.4, -0.2) is 61.6 Å². The first-order chi connectivity index (χ1) is 14.3. The minimum Gasteiger partial charge on any atom is -0.458 e. The first-order valence-corrected chi connectivity index (χ1v) is 11.5. The molecule has 0 heterocycles. The van der Waals surface area contributed by atoms with Crippen molar-refractivity contribution in [2.45, 2.75) is 68.6 Å². The molecule has 0 radical (unpaired) electrons. The van der Waals surface area contributed by atoms with Crippen molar-refractivity contribution in [1.29, 1.82) is 0 Å². The lowest BCUT2D eigenvalue weighted by molar-refractivity contribution is -0.187. The Morgan fingerprint density at radius 3 is 2.55 bits per heavy atom. The minimum atomic E-state index is -2.13. The quantitative estimate of drug-likeness (QED) is 0.400. The van der Waals surface area contributed by atoms with Gasteiger partial charge in [-0.05, 0) is 49.7 Å². The summed E-state index contributed by atoms with van der Waals surface area (Å²) >= 11 is 3.89. The first-order valence-electron chi connectivity index (χ1n) is 10.7. The molecule has 170 valence electrons. The summed E-state index contributed by atoms with van der Waals surface area (Å²) in [5.74, 6) is -1.89. The van der Waals surface area contributed by atoms with E-state index in [2.05, 4.69) is 15.9 Å². The second-order valence-electron chi connectivity index (χ2n) is 9.99. The molecular weight excluding hydrogens is 468 g/mol. The highest BCUT2D eigenvalue weighted by Crippen LogP contribution is 2.71. The van der Waals surface area contributed by atoms with Gasteiger partial charge in [0.1, 0.15) is 0 Å². The van der Waals surface area contributed by atoms with E-state index in [9.17, 15) is 29.7 Å². The number of alkyl halides is 1. The highest BCUT2D eigenvalue weighted by atomic mass is 79.9. The lowest BCUT2D eigenvalue weighted by Crippen LogP contribution is -2.69. The highest BCUT2D eigenvalue weighted by Gasteiger charge is 2.75. The van der Waals surface area contributed by atoms with Crippen molar-refractivity contribution in [2.75, 3.05) is 6.61 Å². The molecule has 8 atom stereocenters. The van der Waals surface area contributed by atoms with Crippen LogP contribution < -0.4 is 0 Å². The van der Waals surface area contributed by atoms with E-state index in [0.717, 1.165) is 5.57 Å². The van der Waals surface area contributed by atoms with Gasteiger partial charge in [0, 0.05) is 17.8 Å². The maximum Gasteiger partial charge on any atom is 0.303 e. The third-order valence-electron chi connectivity index (χ3n) is 8.69. The number of allylic oxidation sites excluding steroid dienone is 4. The Bertz CT molecular complexity index is 912. The predicted octanol–water partition coefficient (Wildman–Crippen LogP) is 1.62. The molecule has 0 aromatic heterocycles. The van der Waals surface area contributed by atoms with E-state index >= 15 is 0 Å². The van der Waals surface area contributed by atoms with Gasteiger partial charge in [-0.3, -0.25) is 14.4 Å². The molecule has 4 aliphatic carbocycles. The number of carbonyl (C=O) groups excluding carboxylic acids is 3. The van der Waals surface area contributed by atoms with Crippen molar-refractivity contribution in [2.24, 2.45) is 22.7 Å². The average Bonchev–Trinajstić information content (AvgIpc) is 2.89. The van der Waals surface area contributed by atoms with Crippen molar-refractivity contribution in [3.63, 3.8) is 0 Å². The summed E-state index contributed by atoms with van der Waals surface area (Å²) in [5, 5.41) is 33.9. The molecule has 0 spiro atoms. The van der Waals surface area contributed by atoms with Crippen LogP contribution in [0.4, 0.5) is 0 Å². The van der Waals surface area contributed by atoms with Crippen LogP contribution in [0.1, 0.15) is 46.5 Å². The van der Waals surface area contributed by atoms with Crippen molar-refractivity contribution < 1.29 is 34.4 Å². The molecule has 7 nitrogen and oxygen atoms in total. The fraction of sp³-hybridized carbons (Fsp3) is 0.696.